The maximum absolute atomic E-state index is 13.3. The van der Waals surface area contributed by atoms with Crippen LogP contribution in [0.1, 0.15) is 73.6 Å². The summed E-state index contributed by atoms with van der Waals surface area (Å²) in [4.78, 5) is 41.4. The van der Waals surface area contributed by atoms with E-state index in [1.165, 1.54) is 0 Å². The van der Waals surface area contributed by atoms with Crippen molar-refractivity contribution in [3.05, 3.63) is 34.4 Å². The van der Waals surface area contributed by atoms with Crippen molar-refractivity contribution in [3.63, 3.8) is 0 Å². The highest BCUT2D eigenvalue weighted by molar-refractivity contribution is 6.10. The van der Waals surface area contributed by atoms with Crippen molar-refractivity contribution in [1.82, 2.24) is 4.90 Å². The molecule has 1 unspecified atom stereocenters. The van der Waals surface area contributed by atoms with E-state index in [4.69, 9.17) is 4.74 Å². The van der Waals surface area contributed by atoms with Gasteiger partial charge in [-0.15, -0.1) is 5.92 Å². The summed E-state index contributed by atoms with van der Waals surface area (Å²) in [6, 6.07) is 3.95. The van der Waals surface area contributed by atoms with Gasteiger partial charge < -0.3 is 9.64 Å². The van der Waals surface area contributed by atoms with E-state index >= 15 is 0 Å². The number of ketones is 2. The molecule has 2 heterocycles. The number of amides is 1. The third-order valence-corrected chi connectivity index (χ3v) is 7.54. The molecular formula is C27H33NO4. The third-order valence-electron chi connectivity index (χ3n) is 7.54. The van der Waals surface area contributed by atoms with E-state index in [1.807, 2.05) is 30.9 Å². The van der Waals surface area contributed by atoms with Gasteiger partial charge in [0, 0.05) is 38.1 Å². The number of likely N-dealkylation sites (tertiary alicyclic amines) is 1. The minimum absolute atomic E-state index is 0.0298. The lowest BCUT2D eigenvalue weighted by molar-refractivity contribution is -0.144. The summed E-state index contributed by atoms with van der Waals surface area (Å²) in [5, 5.41) is 0. The van der Waals surface area contributed by atoms with Gasteiger partial charge in [0.15, 0.2) is 0 Å². The SMILES string of the molecule is CC#Cc1cc(C)c(C2C(=O)CC3(CCN(C(=O)C4CCCOC4)CC3)CC2=O)c(C)c1. The van der Waals surface area contributed by atoms with Crippen molar-refractivity contribution in [2.45, 2.75) is 65.2 Å². The molecule has 4 rings (SSSR count). The Balaban J connectivity index is 1.46. The third kappa shape index (κ3) is 4.38. The van der Waals surface area contributed by atoms with E-state index in [9.17, 15) is 14.4 Å². The smallest absolute Gasteiger partial charge is 0.228 e. The lowest BCUT2D eigenvalue weighted by atomic mass is 9.62. The van der Waals surface area contributed by atoms with Gasteiger partial charge in [-0.25, -0.2) is 0 Å². The Hall–Kier alpha value is -2.45. The van der Waals surface area contributed by atoms with E-state index in [-0.39, 0.29) is 28.8 Å². The Morgan fingerprint density at radius 3 is 2.25 bits per heavy atom. The number of piperidine rings is 1. The topological polar surface area (TPSA) is 63.7 Å². The van der Waals surface area contributed by atoms with E-state index in [0.717, 1.165) is 54.5 Å². The summed E-state index contributed by atoms with van der Waals surface area (Å²) in [5.74, 6) is 5.50. The lowest BCUT2D eigenvalue weighted by Crippen LogP contribution is -2.50. The molecule has 2 saturated heterocycles. The van der Waals surface area contributed by atoms with Crippen molar-refractivity contribution in [3.8, 4) is 11.8 Å². The first-order valence-corrected chi connectivity index (χ1v) is 11.8. The highest BCUT2D eigenvalue weighted by Crippen LogP contribution is 2.46. The molecule has 0 aromatic heterocycles. The summed E-state index contributed by atoms with van der Waals surface area (Å²) in [6.07, 6.45) is 4.11. The molecule has 1 atom stereocenters. The van der Waals surface area contributed by atoms with Gasteiger partial charge in [-0.3, -0.25) is 14.4 Å². The zero-order chi connectivity index (χ0) is 22.9. The first-order valence-electron chi connectivity index (χ1n) is 11.8. The van der Waals surface area contributed by atoms with Gasteiger partial charge in [-0.05, 0) is 80.7 Å². The van der Waals surface area contributed by atoms with E-state index in [1.54, 1.807) is 6.92 Å². The van der Waals surface area contributed by atoms with Crippen LogP contribution >= 0.6 is 0 Å². The fraction of sp³-hybridized carbons (Fsp3) is 0.593. The Labute approximate surface area is 190 Å². The highest BCUT2D eigenvalue weighted by atomic mass is 16.5. The van der Waals surface area contributed by atoms with Gasteiger partial charge in [-0.1, -0.05) is 5.92 Å². The number of hydrogen-bond acceptors (Lipinski definition) is 4. The van der Waals surface area contributed by atoms with Crippen LogP contribution < -0.4 is 0 Å². The maximum atomic E-state index is 13.3. The largest absolute Gasteiger partial charge is 0.381 e. The van der Waals surface area contributed by atoms with E-state index in [2.05, 4.69) is 11.8 Å². The number of rotatable bonds is 2. The van der Waals surface area contributed by atoms with E-state index < -0.39 is 5.92 Å². The molecule has 3 aliphatic rings. The summed E-state index contributed by atoms with van der Waals surface area (Å²) in [7, 11) is 0. The predicted molar refractivity (Wildman–Crippen MR) is 122 cm³/mol. The number of aryl methyl sites for hydroxylation is 2. The van der Waals surface area contributed by atoms with Gasteiger partial charge in [0.2, 0.25) is 5.91 Å². The number of carbonyl (C=O) groups is 3. The number of ether oxygens (including phenoxy) is 1. The first kappa shape index (κ1) is 22.7. The molecule has 5 nitrogen and oxygen atoms in total. The summed E-state index contributed by atoms with van der Waals surface area (Å²) in [5.41, 5.74) is 3.40. The fourth-order valence-corrected chi connectivity index (χ4v) is 5.90. The molecule has 1 amide bonds. The molecule has 0 radical (unpaired) electrons. The van der Waals surface area contributed by atoms with Crippen LogP contribution in [0.15, 0.2) is 12.1 Å². The van der Waals surface area contributed by atoms with Gasteiger partial charge in [0.25, 0.3) is 0 Å². The zero-order valence-corrected chi connectivity index (χ0v) is 19.5. The number of nitrogens with zero attached hydrogens (tertiary/aromatic N) is 1. The fourth-order valence-electron chi connectivity index (χ4n) is 5.90. The Morgan fingerprint density at radius 1 is 1.09 bits per heavy atom. The second-order valence-electron chi connectivity index (χ2n) is 9.86. The van der Waals surface area contributed by atoms with Crippen molar-refractivity contribution in [2.75, 3.05) is 26.3 Å². The standard InChI is InChI=1S/C27H33NO4/c1-4-6-20-13-18(2)24(19(3)14-20)25-22(29)15-27(16-23(25)30)8-10-28(11-9-27)26(31)21-7-5-12-32-17-21/h13-14,21,25H,5,7-12,15-17H2,1-3H3. The average molecular weight is 436 g/mol. The molecule has 170 valence electrons. The molecule has 1 aliphatic carbocycles. The van der Waals surface area contributed by atoms with Gasteiger partial charge in [-0.2, -0.15) is 0 Å². The highest BCUT2D eigenvalue weighted by Gasteiger charge is 2.48. The normalized spacial score (nSPS) is 23.7. The predicted octanol–water partition coefficient (Wildman–Crippen LogP) is 3.73. The molecule has 1 aromatic rings. The minimum atomic E-state index is -0.664. The van der Waals surface area contributed by atoms with Crippen molar-refractivity contribution < 1.29 is 19.1 Å². The number of Topliss-reactive ketones (excluding diaryl/α,β-unsaturated/α-hetero) is 2. The molecule has 1 saturated carbocycles. The van der Waals surface area contributed by atoms with Crippen LogP contribution in [0.3, 0.4) is 0 Å². The molecule has 5 heteroatoms. The molecule has 2 aliphatic heterocycles. The minimum Gasteiger partial charge on any atom is -0.381 e. The molecule has 3 fully saturated rings. The molecule has 1 spiro atoms. The Bertz CT molecular complexity index is 942. The number of benzene rings is 1. The number of hydrogen-bond donors (Lipinski definition) is 0. The lowest BCUT2D eigenvalue weighted by Gasteiger charge is -2.45. The van der Waals surface area contributed by atoms with Crippen molar-refractivity contribution in [2.24, 2.45) is 11.3 Å². The Kier molecular flexibility index (Phi) is 6.53. The van der Waals surface area contributed by atoms with Crippen molar-refractivity contribution >= 4 is 17.5 Å². The zero-order valence-electron chi connectivity index (χ0n) is 19.5. The van der Waals surface area contributed by atoms with Crippen LogP contribution in [-0.4, -0.2) is 48.7 Å². The van der Waals surface area contributed by atoms with Gasteiger partial charge in [0.05, 0.1) is 12.5 Å². The van der Waals surface area contributed by atoms with Gasteiger partial charge >= 0.3 is 0 Å². The second kappa shape index (κ2) is 9.19. The van der Waals surface area contributed by atoms with E-state index in [0.29, 0.717) is 32.5 Å². The molecule has 0 N–H and O–H groups in total. The second-order valence-corrected chi connectivity index (χ2v) is 9.86. The van der Waals surface area contributed by atoms with Crippen LogP contribution in [0.5, 0.6) is 0 Å². The monoisotopic (exact) mass is 435 g/mol. The molecule has 1 aromatic carbocycles. The van der Waals surface area contributed by atoms with Crippen LogP contribution in [-0.2, 0) is 19.1 Å². The molecule has 0 bridgehead atoms. The van der Waals surface area contributed by atoms with Crippen LogP contribution in [0, 0.1) is 37.0 Å². The van der Waals surface area contributed by atoms with Crippen molar-refractivity contribution in [1.29, 1.82) is 0 Å². The van der Waals surface area contributed by atoms with Crippen LogP contribution in [0.25, 0.3) is 0 Å². The van der Waals surface area contributed by atoms with Gasteiger partial charge in [0.1, 0.15) is 17.5 Å². The maximum Gasteiger partial charge on any atom is 0.228 e. The van der Waals surface area contributed by atoms with Crippen LogP contribution in [0.4, 0.5) is 0 Å². The summed E-state index contributed by atoms with van der Waals surface area (Å²) in [6.45, 7) is 8.24. The summed E-state index contributed by atoms with van der Waals surface area (Å²) < 4.78 is 5.48. The summed E-state index contributed by atoms with van der Waals surface area (Å²) >= 11 is 0. The average Bonchev–Trinajstić information content (AvgIpc) is 2.76. The first-order chi connectivity index (χ1) is 15.3. The molecular weight excluding hydrogens is 402 g/mol. The quantitative estimate of drug-likeness (QED) is 0.525. The Morgan fingerprint density at radius 2 is 1.72 bits per heavy atom. The van der Waals surface area contributed by atoms with Crippen LogP contribution in [0.2, 0.25) is 0 Å². The molecule has 32 heavy (non-hydrogen) atoms. The number of carbonyl (C=O) groups excluding carboxylic acids is 3.